The molecule has 108 valence electrons. The third kappa shape index (κ3) is 3.85. The lowest BCUT2D eigenvalue weighted by Gasteiger charge is -2.06. The highest BCUT2D eigenvalue weighted by atomic mass is 19.1. The van der Waals surface area contributed by atoms with Gasteiger partial charge in [0.2, 0.25) is 0 Å². The second-order valence-electron chi connectivity index (χ2n) is 4.26. The quantitative estimate of drug-likeness (QED) is 0.464. The molecule has 0 aliphatic carbocycles. The predicted molar refractivity (Wildman–Crippen MR) is 73.9 cm³/mol. The molecule has 0 amide bonds. The summed E-state index contributed by atoms with van der Waals surface area (Å²) in [5.41, 5.74) is 0.0943. The van der Waals surface area contributed by atoms with E-state index >= 15 is 0 Å². The van der Waals surface area contributed by atoms with Crippen molar-refractivity contribution in [3.8, 4) is 5.75 Å². The molecule has 0 saturated heterocycles. The average Bonchev–Trinajstić information content (AvgIpc) is 2.49. The van der Waals surface area contributed by atoms with Crippen LogP contribution in [0.3, 0.4) is 0 Å². The molecule has 0 aromatic heterocycles. The number of rotatable bonds is 6. The Morgan fingerprint density at radius 1 is 1.19 bits per heavy atom. The first-order valence-corrected chi connectivity index (χ1v) is 6.23. The highest BCUT2D eigenvalue weighted by molar-refractivity contribution is 5.96. The van der Waals surface area contributed by atoms with Gasteiger partial charge in [-0.15, -0.1) is 0 Å². The lowest BCUT2D eigenvalue weighted by atomic mass is 10.1. The molecular weight excluding hydrogens is 277 g/mol. The molecule has 0 aliphatic heterocycles. The van der Waals surface area contributed by atoms with Gasteiger partial charge in [-0.1, -0.05) is 30.3 Å². The van der Waals surface area contributed by atoms with Crippen molar-refractivity contribution in [2.75, 3.05) is 6.61 Å². The molecule has 0 saturated carbocycles. The van der Waals surface area contributed by atoms with Crippen LogP contribution in [-0.2, 0) is 0 Å². The van der Waals surface area contributed by atoms with E-state index in [4.69, 9.17) is 4.74 Å². The van der Waals surface area contributed by atoms with Crippen molar-refractivity contribution in [2.24, 2.45) is 0 Å². The Hall–Kier alpha value is -2.76. The first-order chi connectivity index (χ1) is 10.1. The number of nitro benzene ring substituents is 1. The fourth-order valence-corrected chi connectivity index (χ4v) is 1.78. The lowest BCUT2D eigenvalue weighted by molar-refractivity contribution is -0.386. The number of nitrogens with zero attached hydrogens (tertiary/aromatic N) is 1. The van der Waals surface area contributed by atoms with Gasteiger partial charge in [-0.05, 0) is 12.1 Å². The van der Waals surface area contributed by atoms with Crippen LogP contribution in [0.1, 0.15) is 16.8 Å². The summed E-state index contributed by atoms with van der Waals surface area (Å²) in [4.78, 5) is 21.9. The SMILES string of the molecule is O=C(CCOc1ccc(F)cc1[N+](=O)[O-])c1ccccc1. The Morgan fingerprint density at radius 2 is 1.90 bits per heavy atom. The Bertz CT molecular complexity index is 658. The van der Waals surface area contributed by atoms with E-state index in [1.165, 1.54) is 6.07 Å². The zero-order valence-electron chi connectivity index (χ0n) is 11.0. The van der Waals surface area contributed by atoms with E-state index in [0.717, 1.165) is 12.1 Å². The van der Waals surface area contributed by atoms with Crippen LogP contribution in [-0.4, -0.2) is 17.3 Å². The minimum atomic E-state index is -0.725. The summed E-state index contributed by atoms with van der Waals surface area (Å²) in [5, 5.41) is 10.8. The summed E-state index contributed by atoms with van der Waals surface area (Å²) in [7, 11) is 0. The summed E-state index contributed by atoms with van der Waals surface area (Å²) in [6.45, 7) is -0.0137. The molecule has 2 aromatic rings. The maximum absolute atomic E-state index is 13.0. The van der Waals surface area contributed by atoms with Gasteiger partial charge in [0.25, 0.3) is 0 Å². The van der Waals surface area contributed by atoms with E-state index in [0.29, 0.717) is 5.56 Å². The smallest absolute Gasteiger partial charge is 0.313 e. The van der Waals surface area contributed by atoms with Crippen LogP contribution in [0.4, 0.5) is 10.1 Å². The maximum Gasteiger partial charge on any atom is 0.313 e. The molecular formula is C15H12FNO4. The molecule has 2 rings (SSSR count). The van der Waals surface area contributed by atoms with Gasteiger partial charge in [0.15, 0.2) is 11.5 Å². The Morgan fingerprint density at radius 3 is 2.57 bits per heavy atom. The number of hydrogen-bond donors (Lipinski definition) is 0. The summed E-state index contributed by atoms with van der Waals surface area (Å²) in [6, 6.07) is 11.7. The molecule has 0 radical (unpaired) electrons. The zero-order valence-corrected chi connectivity index (χ0v) is 11.0. The summed E-state index contributed by atoms with van der Waals surface area (Å²) < 4.78 is 18.2. The van der Waals surface area contributed by atoms with Crippen LogP contribution in [0, 0.1) is 15.9 Å². The van der Waals surface area contributed by atoms with Gasteiger partial charge in [-0.25, -0.2) is 4.39 Å². The second kappa shape index (κ2) is 6.60. The molecule has 0 fully saturated rings. The number of ether oxygens (including phenoxy) is 1. The van der Waals surface area contributed by atoms with Gasteiger partial charge in [0.05, 0.1) is 17.6 Å². The Balaban J connectivity index is 1.98. The number of nitro groups is 1. The molecule has 0 atom stereocenters. The van der Waals surface area contributed by atoms with Crippen molar-refractivity contribution >= 4 is 11.5 Å². The van der Waals surface area contributed by atoms with E-state index in [2.05, 4.69) is 0 Å². The largest absolute Gasteiger partial charge is 0.486 e. The molecule has 0 N–H and O–H groups in total. The standard InChI is InChI=1S/C15H12FNO4/c16-12-6-7-15(13(10-12)17(19)20)21-9-8-14(18)11-4-2-1-3-5-11/h1-7,10H,8-9H2. The normalized spacial score (nSPS) is 10.1. The second-order valence-corrected chi connectivity index (χ2v) is 4.26. The minimum absolute atomic E-state index is 0.0137. The molecule has 21 heavy (non-hydrogen) atoms. The van der Waals surface area contributed by atoms with Crippen molar-refractivity contribution in [2.45, 2.75) is 6.42 Å². The first-order valence-electron chi connectivity index (χ1n) is 6.23. The topological polar surface area (TPSA) is 69.4 Å². The molecule has 0 heterocycles. The summed E-state index contributed by atoms with van der Waals surface area (Å²) in [5.74, 6) is -0.892. The zero-order chi connectivity index (χ0) is 15.2. The molecule has 6 heteroatoms. The van der Waals surface area contributed by atoms with Crippen LogP contribution < -0.4 is 4.74 Å². The lowest BCUT2D eigenvalue weighted by Crippen LogP contribution is -2.07. The van der Waals surface area contributed by atoms with Crippen molar-refractivity contribution in [1.82, 2.24) is 0 Å². The number of benzene rings is 2. The Kier molecular flexibility index (Phi) is 4.61. The average molecular weight is 289 g/mol. The van der Waals surface area contributed by atoms with Crippen LogP contribution >= 0.6 is 0 Å². The van der Waals surface area contributed by atoms with Crippen LogP contribution in [0.5, 0.6) is 5.75 Å². The van der Waals surface area contributed by atoms with Crippen LogP contribution in [0.2, 0.25) is 0 Å². The van der Waals surface area contributed by atoms with E-state index < -0.39 is 16.4 Å². The van der Waals surface area contributed by atoms with Crippen LogP contribution in [0.15, 0.2) is 48.5 Å². The van der Waals surface area contributed by atoms with E-state index in [-0.39, 0.29) is 24.6 Å². The number of hydrogen-bond acceptors (Lipinski definition) is 4. The highest BCUT2D eigenvalue weighted by Gasteiger charge is 2.16. The van der Waals surface area contributed by atoms with Crippen molar-refractivity contribution in [3.63, 3.8) is 0 Å². The molecule has 0 aliphatic rings. The molecule has 2 aromatic carbocycles. The van der Waals surface area contributed by atoms with Gasteiger partial charge >= 0.3 is 5.69 Å². The molecule has 0 unspecified atom stereocenters. The third-order valence-corrected chi connectivity index (χ3v) is 2.80. The van der Waals surface area contributed by atoms with E-state index in [1.54, 1.807) is 30.3 Å². The van der Waals surface area contributed by atoms with E-state index in [9.17, 15) is 19.3 Å². The number of ketones is 1. The molecule has 0 bridgehead atoms. The van der Waals surface area contributed by atoms with Gasteiger partial charge in [0.1, 0.15) is 5.82 Å². The number of halogens is 1. The Labute approximate surface area is 120 Å². The fraction of sp³-hybridized carbons (Fsp3) is 0.133. The number of carbonyl (C=O) groups is 1. The predicted octanol–water partition coefficient (Wildman–Crippen LogP) is 3.39. The number of Topliss-reactive ketones (excluding diaryl/α,β-unsaturated/α-hetero) is 1. The van der Waals surface area contributed by atoms with Crippen molar-refractivity contribution in [1.29, 1.82) is 0 Å². The maximum atomic E-state index is 13.0. The van der Waals surface area contributed by atoms with Gasteiger partial charge < -0.3 is 4.74 Å². The monoisotopic (exact) mass is 289 g/mol. The van der Waals surface area contributed by atoms with Crippen molar-refractivity contribution in [3.05, 3.63) is 70.0 Å². The van der Waals surface area contributed by atoms with Gasteiger partial charge in [-0.3, -0.25) is 14.9 Å². The summed E-state index contributed by atoms with van der Waals surface area (Å²) in [6.07, 6.45) is 0.0819. The van der Waals surface area contributed by atoms with Crippen LogP contribution in [0.25, 0.3) is 0 Å². The van der Waals surface area contributed by atoms with Gasteiger partial charge in [0, 0.05) is 12.0 Å². The first kappa shape index (κ1) is 14.6. The fourth-order valence-electron chi connectivity index (χ4n) is 1.78. The summed E-state index contributed by atoms with van der Waals surface area (Å²) >= 11 is 0. The number of carbonyl (C=O) groups excluding carboxylic acids is 1. The van der Waals surface area contributed by atoms with Crippen molar-refractivity contribution < 1.29 is 18.8 Å². The molecule has 5 nitrogen and oxygen atoms in total. The van der Waals surface area contributed by atoms with E-state index in [1.807, 2.05) is 0 Å². The van der Waals surface area contributed by atoms with Gasteiger partial charge in [-0.2, -0.15) is 0 Å². The third-order valence-electron chi connectivity index (χ3n) is 2.80. The molecule has 0 spiro atoms. The minimum Gasteiger partial charge on any atom is -0.486 e. The highest BCUT2D eigenvalue weighted by Crippen LogP contribution is 2.27.